The molecule has 8 nitrogen and oxygen atoms in total. The van der Waals surface area contributed by atoms with Gasteiger partial charge in [0.25, 0.3) is 0 Å². The Bertz CT molecular complexity index is 811. The minimum atomic E-state index is -3.86. The molecule has 158 valence electrons. The van der Waals surface area contributed by atoms with Crippen molar-refractivity contribution in [2.45, 2.75) is 51.1 Å². The Morgan fingerprint density at radius 2 is 1.82 bits per heavy atom. The Kier molecular flexibility index (Phi) is 8.01. The zero-order valence-corrected chi connectivity index (χ0v) is 18.2. The van der Waals surface area contributed by atoms with Crippen LogP contribution in [0.1, 0.15) is 34.1 Å². The maximum absolute atomic E-state index is 12.7. The number of hydrogen-bond acceptors (Lipinski definition) is 5. The number of hydrogen-bond donors (Lipinski definition) is 3. The third-order valence-electron chi connectivity index (χ3n) is 4.81. The maximum Gasteiger partial charge on any atom is 0.241 e. The van der Waals surface area contributed by atoms with E-state index in [0.717, 1.165) is 0 Å². The summed E-state index contributed by atoms with van der Waals surface area (Å²) in [4.78, 5) is 25.4. The fourth-order valence-electron chi connectivity index (χ4n) is 3.11. The molecule has 1 saturated heterocycles. The summed E-state index contributed by atoms with van der Waals surface area (Å²) in [5.74, 6) is -0.513. The van der Waals surface area contributed by atoms with Crippen LogP contribution in [0.4, 0.5) is 5.69 Å². The van der Waals surface area contributed by atoms with E-state index < -0.39 is 16.1 Å². The molecule has 2 rings (SSSR count). The summed E-state index contributed by atoms with van der Waals surface area (Å²) >= 11 is 0. The van der Waals surface area contributed by atoms with Crippen molar-refractivity contribution in [3.05, 3.63) is 24.3 Å². The van der Waals surface area contributed by atoms with Gasteiger partial charge in [0.2, 0.25) is 21.8 Å². The zero-order chi connectivity index (χ0) is 20.4. The summed E-state index contributed by atoms with van der Waals surface area (Å²) in [6.45, 7) is 7.91. The van der Waals surface area contributed by atoms with Crippen LogP contribution in [0.25, 0.3) is 0 Å². The monoisotopic (exact) mass is 432 g/mol. The first-order valence-corrected chi connectivity index (χ1v) is 10.3. The number of nitrogens with two attached hydrogens (primary N) is 1. The van der Waals surface area contributed by atoms with Gasteiger partial charge in [0.1, 0.15) is 0 Å². The summed E-state index contributed by atoms with van der Waals surface area (Å²) in [5.41, 5.74) is 6.38. The molecule has 4 N–H and O–H groups in total. The molecule has 1 heterocycles. The first kappa shape index (κ1) is 24.4. The van der Waals surface area contributed by atoms with E-state index in [1.165, 1.54) is 38.1 Å². The number of nitrogens with zero attached hydrogens (tertiary/aromatic N) is 1. The fraction of sp³-hybridized carbons (Fsp3) is 0.556. The topological polar surface area (TPSA) is 122 Å². The van der Waals surface area contributed by atoms with Gasteiger partial charge < -0.3 is 16.0 Å². The Labute approximate surface area is 172 Å². The van der Waals surface area contributed by atoms with Crippen LogP contribution >= 0.6 is 12.4 Å². The van der Waals surface area contributed by atoms with E-state index in [-0.39, 0.29) is 40.6 Å². The van der Waals surface area contributed by atoms with Gasteiger partial charge in [-0.15, -0.1) is 12.4 Å². The smallest absolute Gasteiger partial charge is 0.241 e. The number of amides is 2. The van der Waals surface area contributed by atoms with E-state index in [4.69, 9.17) is 5.73 Å². The fourth-order valence-corrected chi connectivity index (χ4v) is 4.30. The van der Waals surface area contributed by atoms with Gasteiger partial charge in [-0.25, -0.2) is 8.42 Å². The minimum absolute atomic E-state index is 0. The van der Waals surface area contributed by atoms with Crippen molar-refractivity contribution in [2.24, 2.45) is 11.1 Å². The highest BCUT2D eigenvalue weighted by Gasteiger charge is 2.37. The number of rotatable bonds is 5. The summed E-state index contributed by atoms with van der Waals surface area (Å²) in [6.07, 6.45) is 0.683. The molecule has 1 aromatic rings. The number of carbonyl (C=O) groups excluding carboxylic acids is 2. The van der Waals surface area contributed by atoms with Crippen molar-refractivity contribution in [3.8, 4) is 0 Å². The normalized spacial score (nSPS) is 20.0. The molecule has 0 radical (unpaired) electrons. The van der Waals surface area contributed by atoms with Crippen LogP contribution in [0.5, 0.6) is 0 Å². The standard InChI is InChI=1S/C18H28N4O4S.ClH/c1-12(17(24)22-10-9-16(19)18(3,4)11-22)21-27(25,26)15-7-5-14(6-8-15)20-13(2)23;/h5-8,12,16,21H,9-11,19H2,1-4H3,(H,20,23);1H. The van der Waals surface area contributed by atoms with Crippen LogP contribution in [-0.4, -0.2) is 50.3 Å². The lowest BCUT2D eigenvalue weighted by molar-refractivity contribution is -0.136. The number of piperidine rings is 1. The Morgan fingerprint density at radius 3 is 2.32 bits per heavy atom. The summed E-state index contributed by atoms with van der Waals surface area (Å²) in [6, 6.07) is 4.88. The van der Waals surface area contributed by atoms with E-state index in [1.54, 1.807) is 4.90 Å². The third kappa shape index (κ3) is 5.91. The van der Waals surface area contributed by atoms with E-state index in [0.29, 0.717) is 25.2 Å². The predicted molar refractivity (Wildman–Crippen MR) is 111 cm³/mol. The molecular formula is C18H29ClN4O4S. The van der Waals surface area contributed by atoms with Gasteiger partial charge in [-0.1, -0.05) is 13.8 Å². The predicted octanol–water partition coefficient (Wildman–Crippen LogP) is 1.32. The highest BCUT2D eigenvalue weighted by atomic mass is 35.5. The second kappa shape index (κ2) is 9.21. The van der Waals surface area contributed by atoms with Crippen molar-refractivity contribution in [1.82, 2.24) is 9.62 Å². The van der Waals surface area contributed by atoms with Crippen LogP contribution in [0.3, 0.4) is 0 Å². The highest BCUT2D eigenvalue weighted by Crippen LogP contribution is 2.28. The first-order valence-electron chi connectivity index (χ1n) is 8.87. The Balaban J connectivity index is 0.00000392. The van der Waals surface area contributed by atoms with Gasteiger partial charge >= 0.3 is 0 Å². The third-order valence-corrected chi connectivity index (χ3v) is 6.37. The molecule has 0 spiro atoms. The molecule has 1 aliphatic rings. The van der Waals surface area contributed by atoms with Crippen molar-refractivity contribution >= 4 is 39.9 Å². The molecule has 2 unspecified atom stereocenters. The lowest BCUT2D eigenvalue weighted by Gasteiger charge is -2.43. The van der Waals surface area contributed by atoms with Crippen LogP contribution in [0.2, 0.25) is 0 Å². The second-order valence-corrected chi connectivity index (χ2v) is 9.41. The number of nitrogens with one attached hydrogen (secondary N) is 2. The molecule has 10 heteroatoms. The second-order valence-electron chi connectivity index (χ2n) is 7.69. The molecule has 0 aromatic heterocycles. The molecule has 1 aromatic carbocycles. The minimum Gasteiger partial charge on any atom is -0.341 e. The molecule has 2 amide bonds. The van der Waals surface area contributed by atoms with Crippen LogP contribution in [-0.2, 0) is 19.6 Å². The molecule has 2 atom stereocenters. The number of carbonyl (C=O) groups is 2. The average Bonchev–Trinajstić information content (AvgIpc) is 2.56. The summed E-state index contributed by atoms with van der Waals surface area (Å²) < 4.78 is 27.5. The molecular weight excluding hydrogens is 404 g/mol. The van der Waals surface area contributed by atoms with Crippen molar-refractivity contribution in [3.63, 3.8) is 0 Å². The SMILES string of the molecule is CC(=O)Nc1ccc(S(=O)(=O)NC(C)C(=O)N2CCC(N)C(C)(C)C2)cc1.Cl. The van der Waals surface area contributed by atoms with Crippen molar-refractivity contribution in [2.75, 3.05) is 18.4 Å². The largest absolute Gasteiger partial charge is 0.341 e. The lowest BCUT2D eigenvalue weighted by atomic mass is 9.79. The summed E-state index contributed by atoms with van der Waals surface area (Å²) in [5, 5.41) is 2.57. The van der Waals surface area contributed by atoms with E-state index in [9.17, 15) is 18.0 Å². The van der Waals surface area contributed by atoms with E-state index >= 15 is 0 Å². The lowest BCUT2D eigenvalue weighted by Crippen LogP contribution is -2.57. The van der Waals surface area contributed by atoms with Crippen molar-refractivity contribution < 1.29 is 18.0 Å². The maximum atomic E-state index is 12.7. The van der Waals surface area contributed by atoms with Gasteiger partial charge in [-0.2, -0.15) is 4.72 Å². The summed E-state index contributed by atoms with van der Waals surface area (Å²) in [7, 11) is -3.86. The van der Waals surface area contributed by atoms with Gasteiger partial charge in [0.05, 0.1) is 10.9 Å². The van der Waals surface area contributed by atoms with Crippen molar-refractivity contribution in [1.29, 1.82) is 0 Å². The quantitative estimate of drug-likeness (QED) is 0.647. The molecule has 1 fully saturated rings. The highest BCUT2D eigenvalue weighted by molar-refractivity contribution is 7.89. The van der Waals surface area contributed by atoms with Crippen LogP contribution in [0, 0.1) is 5.41 Å². The van der Waals surface area contributed by atoms with Gasteiger partial charge in [-0.3, -0.25) is 9.59 Å². The molecule has 1 aliphatic heterocycles. The van der Waals surface area contributed by atoms with Gasteiger partial charge in [-0.05, 0) is 43.0 Å². The molecule has 0 saturated carbocycles. The number of benzene rings is 1. The van der Waals surface area contributed by atoms with Gasteiger partial charge in [0, 0.05) is 31.7 Å². The first-order chi connectivity index (χ1) is 12.4. The number of halogens is 1. The van der Waals surface area contributed by atoms with E-state index in [2.05, 4.69) is 10.0 Å². The van der Waals surface area contributed by atoms with Crippen LogP contribution in [0.15, 0.2) is 29.2 Å². The van der Waals surface area contributed by atoms with Crippen LogP contribution < -0.4 is 15.8 Å². The number of anilines is 1. The average molecular weight is 433 g/mol. The van der Waals surface area contributed by atoms with Gasteiger partial charge in [0.15, 0.2) is 0 Å². The number of sulfonamides is 1. The zero-order valence-electron chi connectivity index (χ0n) is 16.6. The molecule has 28 heavy (non-hydrogen) atoms. The molecule has 0 aliphatic carbocycles. The Morgan fingerprint density at radius 1 is 1.25 bits per heavy atom. The van der Waals surface area contributed by atoms with E-state index in [1.807, 2.05) is 13.8 Å². The Hall–Kier alpha value is -1.68. The molecule has 0 bridgehead atoms. The number of likely N-dealkylation sites (tertiary alicyclic amines) is 1.